The van der Waals surface area contributed by atoms with Gasteiger partial charge in [-0.1, -0.05) is 17.8 Å². The first-order valence-electron chi connectivity index (χ1n) is 8.01. The van der Waals surface area contributed by atoms with E-state index in [1.165, 1.54) is 28.7 Å². The number of rotatable bonds is 7. The van der Waals surface area contributed by atoms with Gasteiger partial charge in [0.15, 0.2) is 16.8 Å². The summed E-state index contributed by atoms with van der Waals surface area (Å²) in [6, 6.07) is 0.738. The average molecular weight is 434 g/mol. The van der Waals surface area contributed by atoms with Gasteiger partial charge in [0, 0.05) is 5.75 Å². The number of nitriles is 1. The zero-order chi connectivity index (χ0) is 21.1. The van der Waals surface area contributed by atoms with Crippen molar-refractivity contribution < 1.29 is 24.3 Å². The van der Waals surface area contributed by atoms with Gasteiger partial charge >= 0.3 is 0 Å². The third-order valence-corrected chi connectivity index (χ3v) is 6.17. The van der Waals surface area contributed by atoms with Crippen molar-refractivity contribution in [2.45, 2.75) is 11.4 Å². The Bertz CT molecular complexity index is 994. The topological polar surface area (TPSA) is 174 Å². The van der Waals surface area contributed by atoms with Gasteiger partial charge in [0.25, 0.3) is 17.3 Å². The van der Waals surface area contributed by atoms with Crippen LogP contribution < -0.4 is 15.6 Å². The highest BCUT2D eigenvalue weighted by atomic mass is 32.2. The summed E-state index contributed by atoms with van der Waals surface area (Å²) < 4.78 is 0. The van der Waals surface area contributed by atoms with Gasteiger partial charge in [-0.3, -0.25) is 14.5 Å². The molecule has 2 aliphatic rings. The number of amides is 2. The molecule has 0 aromatic carbocycles. The molecule has 0 aliphatic carbocycles. The number of oxime groups is 1. The Balaban J connectivity index is 1.80. The van der Waals surface area contributed by atoms with Crippen LogP contribution in [0.2, 0.25) is 0 Å². The molecule has 0 bridgehead atoms. The van der Waals surface area contributed by atoms with Crippen LogP contribution in [0, 0.1) is 11.3 Å². The van der Waals surface area contributed by atoms with Crippen LogP contribution in [-0.4, -0.2) is 57.2 Å². The van der Waals surface area contributed by atoms with E-state index in [0.717, 1.165) is 4.90 Å². The van der Waals surface area contributed by atoms with Crippen LogP contribution in [0.5, 0.6) is 0 Å². The van der Waals surface area contributed by atoms with E-state index < -0.39 is 39.9 Å². The van der Waals surface area contributed by atoms with E-state index in [0.29, 0.717) is 11.3 Å². The molecular weight excluding hydrogens is 420 g/mol. The standard InChI is InChI=1S/C16H14N6O5S2/c1-2-8-5-28-15-11(14(24)22(15)12(8)16(25)26)20-13(23)10(21-27-4-3-17)9-6-29(18)7-19-9/h2,6-7,11,15H,1,4-5,18H2,(H-,20,23,25,26)/t11?,15-,29?/m1/s1. The number of aromatic nitrogens is 1. The molecule has 1 aromatic heterocycles. The fourth-order valence-electron chi connectivity index (χ4n) is 2.75. The monoisotopic (exact) mass is 434 g/mol. The molecule has 1 aromatic rings. The van der Waals surface area contributed by atoms with Crippen molar-refractivity contribution in [2.75, 3.05) is 17.5 Å². The van der Waals surface area contributed by atoms with Crippen molar-refractivity contribution in [1.29, 1.82) is 5.26 Å². The van der Waals surface area contributed by atoms with Gasteiger partial charge in [0.1, 0.15) is 17.5 Å². The van der Waals surface area contributed by atoms with E-state index in [-0.39, 0.29) is 23.7 Å². The molecule has 13 heteroatoms. The minimum Gasteiger partial charge on any atom is -0.543 e. The normalized spacial score (nSPS) is 21.7. The van der Waals surface area contributed by atoms with Crippen molar-refractivity contribution in [3.63, 3.8) is 0 Å². The third-order valence-electron chi connectivity index (χ3n) is 4.03. The molecule has 3 rings (SSSR count). The summed E-state index contributed by atoms with van der Waals surface area (Å²) in [4.78, 5) is 46.5. The number of thioether (sulfide) groups is 1. The number of carbonyl (C=O) groups is 3. The Hall–Kier alpha value is -3.21. The fourth-order valence-corrected chi connectivity index (χ4v) is 4.82. The molecule has 1 fully saturated rings. The second kappa shape index (κ2) is 8.43. The highest BCUT2D eigenvalue weighted by Gasteiger charge is 2.53. The van der Waals surface area contributed by atoms with Crippen molar-refractivity contribution in [3.8, 4) is 6.07 Å². The number of carbonyl (C=O) groups excluding carboxylic acids is 3. The number of nitrogens with one attached hydrogen (secondary N) is 1. The average Bonchev–Trinajstić information content (AvgIpc) is 3.13. The molecule has 2 unspecified atom stereocenters. The van der Waals surface area contributed by atoms with Crippen LogP contribution in [0.25, 0.3) is 0 Å². The number of hydrogen-bond donors (Lipinski definition) is 2. The van der Waals surface area contributed by atoms with E-state index in [1.54, 1.807) is 6.07 Å². The quantitative estimate of drug-likeness (QED) is 0.168. The predicted octanol–water partition coefficient (Wildman–Crippen LogP) is -1.62. The summed E-state index contributed by atoms with van der Waals surface area (Å²) in [6.07, 6.45) is 1.36. The summed E-state index contributed by atoms with van der Waals surface area (Å²) in [5.74, 6) is -2.56. The zero-order valence-electron chi connectivity index (χ0n) is 14.7. The first-order valence-corrected chi connectivity index (χ1v) is 10.5. The van der Waals surface area contributed by atoms with Crippen molar-refractivity contribution in [2.24, 2.45) is 5.16 Å². The van der Waals surface area contributed by atoms with Gasteiger partial charge in [-0.2, -0.15) is 10.2 Å². The lowest BCUT2D eigenvalue weighted by molar-refractivity contribution is -0.301. The largest absolute Gasteiger partial charge is 0.543 e. The Morgan fingerprint density at radius 2 is 2.41 bits per heavy atom. The number of fused-ring (bicyclic) bond motifs is 1. The number of nitrogen functional groups attached to an aromatic ring is 1. The minimum atomic E-state index is -1.49. The Morgan fingerprint density at radius 3 is 3.00 bits per heavy atom. The Morgan fingerprint density at radius 1 is 1.66 bits per heavy atom. The highest BCUT2D eigenvalue weighted by Crippen LogP contribution is 2.40. The zero-order valence-corrected chi connectivity index (χ0v) is 16.4. The molecule has 2 amide bonds. The van der Waals surface area contributed by atoms with Crippen LogP contribution in [-0.2, 0) is 19.2 Å². The van der Waals surface area contributed by atoms with Crippen LogP contribution in [0.3, 0.4) is 0 Å². The Labute approximate surface area is 171 Å². The van der Waals surface area contributed by atoms with E-state index >= 15 is 0 Å². The van der Waals surface area contributed by atoms with E-state index in [9.17, 15) is 19.5 Å². The van der Waals surface area contributed by atoms with Crippen molar-refractivity contribution >= 4 is 45.9 Å². The number of allylic oxidation sites excluding steroid dienone is 1. The van der Waals surface area contributed by atoms with Crippen LogP contribution in [0.15, 0.2) is 40.0 Å². The van der Waals surface area contributed by atoms with Gasteiger partial charge in [-0.05, 0) is 5.57 Å². The first kappa shape index (κ1) is 20.5. The van der Waals surface area contributed by atoms with Gasteiger partial charge in [-0.15, -0.1) is 16.9 Å². The Kier molecular flexibility index (Phi) is 5.97. The highest BCUT2D eigenvalue weighted by molar-refractivity contribution is 8.00. The minimum absolute atomic E-state index is 0.149. The molecule has 0 spiro atoms. The number of nitrogens with zero attached hydrogens (tertiary/aromatic N) is 4. The smallest absolute Gasteiger partial charge is 0.276 e. The molecule has 3 N–H and O–H groups in total. The summed E-state index contributed by atoms with van der Waals surface area (Å²) >= 11 is 1.28. The molecule has 29 heavy (non-hydrogen) atoms. The fraction of sp³-hybridized carbons (Fsp3) is 0.250. The van der Waals surface area contributed by atoms with Crippen LogP contribution in [0.1, 0.15) is 5.69 Å². The van der Waals surface area contributed by atoms with E-state index in [1.807, 2.05) is 0 Å². The third kappa shape index (κ3) is 3.86. The summed E-state index contributed by atoms with van der Waals surface area (Å²) in [6.45, 7) is 3.16. The number of aliphatic carboxylic acids is 1. The summed E-state index contributed by atoms with van der Waals surface area (Å²) in [7, 11) is -0.779. The molecule has 2 aliphatic heterocycles. The number of thiazole rings is 1. The van der Waals surface area contributed by atoms with E-state index in [4.69, 9.17) is 15.2 Å². The predicted molar refractivity (Wildman–Crippen MR) is 102 cm³/mol. The maximum atomic E-state index is 12.7. The second-order valence-electron chi connectivity index (χ2n) is 5.74. The molecular formula is C16H14N6O5S2. The van der Waals surface area contributed by atoms with Gasteiger partial charge in [-0.25, -0.2) is 0 Å². The van der Waals surface area contributed by atoms with Gasteiger partial charge in [0.2, 0.25) is 6.61 Å². The number of hydrogen-bond acceptors (Lipinski definition) is 10. The molecule has 11 nitrogen and oxygen atoms in total. The molecule has 0 saturated carbocycles. The van der Waals surface area contributed by atoms with Crippen LogP contribution in [0.4, 0.5) is 0 Å². The molecule has 3 atom stereocenters. The van der Waals surface area contributed by atoms with Crippen LogP contribution >= 0.6 is 22.4 Å². The lowest BCUT2D eigenvalue weighted by atomic mass is 10.0. The molecule has 150 valence electrons. The number of carboxylic acids is 1. The maximum Gasteiger partial charge on any atom is 0.276 e. The maximum absolute atomic E-state index is 12.7. The van der Waals surface area contributed by atoms with Gasteiger partial charge in [0.05, 0.1) is 22.3 Å². The first-order chi connectivity index (χ1) is 13.9. The number of nitrogens with two attached hydrogens (primary N) is 1. The molecule has 0 radical (unpaired) electrons. The lowest BCUT2D eigenvalue weighted by Gasteiger charge is -2.50. The SMILES string of the molecule is C=CC1=C(C(=O)[O-])N2C(=O)C(NC(=O)C(=NOCC#N)c3c[s+](N)cn3)[C@H]2SC1. The number of β-lactam (4-membered cyclic amide) rings is 1. The van der Waals surface area contributed by atoms with Gasteiger partial charge < -0.3 is 20.1 Å². The van der Waals surface area contributed by atoms with Crippen molar-refractivity contribution in [3.05, 3.63) is 40.5 Å². The van der Waals surface area contributed by atoms with Crippen molar-refractivity contribution in [1.82, 2.24) is 15.2 Å². The molecule has 1 saturated heterocycles. The van der Waals surface area contributed by atoms with E-state index in [2.05, 4.69) is 22.0 Å². The lowest BCUT2D eigenvalue weighted by Crippen LogP contribution is -2.71. The summed E-state index contributed by atoms with van der Waals surface area (Å²) in [5, 5.41) is 32.8. The second-order valence-corrected chi connectivity index (χ2v) is 8.11. The number of carboxylic acid groups (broad SMARTS) is 1. The molecule has 3 heterocycles. The summed E-state index contributed by atoms with van der Waals surface area (Å²) in [5.41, 5.74) is 1.45.